The standard InChI is InChI=1S/C12H20N4O3/c1-6-19-10(17)8-7(2)16(11(13)18)15-9(8)14-12(3,4)5/h6H2,1-5H3,(H2,13,18)(H,14,15). The predicted octanol–water partition coefficient (Wildman–Crippen LogP) is 1.51. The highest BCUT2D eigenvalue weighted by molar-refractivity contribution is 5.97. The number of carbonyl (C=O) groups is 2. The maximum atomic E-state index is 11.9. The molecule has 7 heteroatoms. The van der Waals surface area contributed by atoms with Gasteiger partial charge in [0.2, 0.25) is 0 Å². The number of hydrogen-bond donors (Lipinski definition) is 2. The molecule has 7 nitrogen and oxygen atoms in total. The Bertz CT molecular complexity index is 500. The normalized spacial score (nSPS) is 11.2. The summed E-state index contributed by atoms with van der Waals surface area (Å²) in [7, 11) is 0. The van der Waals surface area contributed by atoms with Crippen LogP contribution in [0.1, 0.15) is 43.7 Å². The van der Waals surface area contributed by atoms with Gasteiger partial charge in [-0.25, -0.2) is 9.59 Å². The van der Waals surface area contributed by atoms with E-state index < -0.39 is 12.0 Å². The van der Waals surface area contributed by atoms with Crippen molar-refractivity contribution in [1.82, 2.24) is 9.78 Å². The zero-order chi connectivity index (χ0) is 14.8. The summed E-state index contributed by atoms with van der Waals surface area (Å²) in [5, 5.41) is 7.09. The molecule has 1 amide bonds. The minimum atomic E-state index is -0.745. The summed E-state index contributed by atoms with van der Waals surface area (Å²) in [6.45, 7) is 9.30. The van der Waals surface area contributed by atoms with Gasteiger partial charge in [0.15, 0.2) is 5.82 Å². The lowest BCUT2D eigenvalue weighted by molar-refractivity contribution is 0.0526. The van der Waals surface area contributed by atoms with Gasteiger partial charge >= 0.3 is 12.0 Å². The molecule has 0 aliphatic heterocycles. The summed E-state index contributed by atoms with van der Waals surface area (Å²) in [5.41, 5.74) is 5.49. The Morgan fingerprint density at radius 3 is 2.42 bits per heavy atom. The van der Waals surface area contributed by atoms with Crippen molar-refractivity contribution in [2.45, 2.75) is 40.2 Å². The molecule has 106 valence electrons. The van der Waals surface area contributed by atoms with E-state index in [0.29, 0.717) is 11.5 Å². The van der Waals surface area contributed by atoms with E-state index in [2.05, 4.69) is 10.4 Å². The molecule has 0 aromatic carbocycles. The Balaban J connectivity index is 3.31. The molecule has 1 aromatic rings. The topological polar surface area (TPSA) is 99.2 Å². The molecule has 0 spiro atoms. The van der Waals surface area contributed by atoms with Gasteiger partial charge in [-0.2, -0.15) is 4.68 Å². The van der Waals surface area contributed by atoms with Crippen molar-refractivity contribution in [2.75, 3.05) is 11.9 Å². The number of aromatic nitrogens is 2. The van der Waals surface area contributed by atoms with Crippen molar-refractivity contribution in [2.24, 2.45) is 5.73 Å². The van der Waals surface area contributed by atoms with E-state index in [9.17, 15) is 9.59 Å². The zero-order valence-electron chi connectivity index (χ0n) is 11.9. The number of ether oxygens (including phenoxy) is 1. The highest BCUT2D eigenvalue weighted by Crippen LogP contribution is 2.23. The van der Waals surface area contributed by atoms with Crippen LogP contribution < -0.4 is 11.1 Å². The SMILES string of the molecule is CCOC(=O)c1c(NC(C)(C)C)nn(C(N)=O)c1C. The van der Waals surface area contributed by atoms with Crippen LogP contribution in [-0.4, -0.2) is 33.9 Å². The van der Waals surface area contributed by atoms with E-state index >= 15 is 0 Å². The first-order valence-electron chi connectivity index (χ1n) is 6.02. The molecule has 1 aromatic heterocycles. The highest BCUT2D eigenvalue weighted by atomic mass is 16.5. The van der Waals surface area contributed by atoms with Gasteiger partial charge in [0.25, 0.3) is 0 Å². The number of hydrogen-bond acceptors (Lipinski definition) is 5. The first-order valence-corrected chi connectivity index (χ1v) is 6.02. The largest absolute Gasteiger partial charge is 0.462 e. The fourth-order valence-electron chi connectivity index (χ4n) is 1.61. The van der Waals surface area contributed by atoms with Gasteiger partial charge in [0, 0.05) is 5.54 Å². The number of anilines is 1. The van der Waals surface area contributed by atoms with Crippen LogP contribution in [0.3, 0.4) is 0 Å². The van der Waals surface area contributed by atoms with Crippen LogP contribution in [0.2, 0.25) is 0 Å². The van der Waals surface area contributed by atoms with E-state index in [0.717, 1.165) is 4.68 Å². The zero-order valence-corrected chi connectivity index (χ0v) is 11.9. The second-order valence-electron chi connectivity index (χ2n) is 5.15. The summed E-state index contributed by atoms with van der Waals surface area (Å²) in [5.74, 6) is -0.235. The fourth-order valence-corrected chi connectivity index (χ4v) is 1.61. The fraction of sp³-hybridized carbons (Fsp3) is 0.583. The summed E-state index contributed by atoms with van der Waals surface area (Å²) in [4.78, 5) is 23.2. The molecule has 0 unspecified atom stereocenters. The minimum absolute atomic E-state index is 0.232. The van der Waals surface area contributed by atoms with Crippen molar-refractivity contribution < 1.29 is 14.3 Å². The Labute approximate surface area is 112 Å². The summed E-state index contributed by atoms with van der Waals surface area (Å²) in [6, 6.07) is -0.745. The average molecular weight is 268 g/mol. The number of nitrogens with one attached hydrogen (secondary N) is 1. The van der Waals surface area contributed by atoms with Crippen molar-refractivity contribution in [3.8, 4) is 0 Å². The lowest BCUT2D eigenvalue weighted by Gasteiger charge is -2.20. The Kier molecular flexibility index (Phi) is 4.18. The van der Waals surface area contributed by atoms with Crippen molar-refractivity contribution >= 4 is 17.8 Å². The highest BCUT2D eigenvalue weighted by Gasteiger charge is 2.26. The monoisotopic (exact) mass is 268 g/mol. The third-order valence-electron chi connectivity index (χ3n) is 2.30. The number of nitrogens with two attached hydrogens (primary N) is 1. The first-order chi connectivity index (χ1) is 8.67. The van der Waals surface area contributed by atoms with Crippen LogP contribution in [0.25, 0.3) is 0 Å². The van der Waals surface area contributed by atoms with E-state index in [1.807, 2.05) is 20.8 Å². The minimum Gasteiger partial charge on any atom is -0.462 e. The van der Waals surface area contributed by atoms with Crippen molar-refractivity contribution in [1.29, 1.82) is 0 Å². The molecule has 0 saturated heterocycles. The molecular weight excluding hydrogens is 248 g/mol. The molecule has 0 atom stereocenters. The second-order valence-corrected chi connectivity index (χ2v) is 5.15. The van der Waals surface area contributed by atoms with Gasteiger partial charge in [0.1, 0.15) is 5.56 Å². The van der Waals surface area contributed by atoms with Gasteiger partial charge in [-0.3, -0.25) is 0 Å². The van der Waals surface area contributed by atoms with E-state index in [-0.39, 0.29) is 17.7 Å². The maximum Gasteiger partial charge on any atom is 0.343 e. The lowest BCUT2D eigenvalue weighted by Crippen LogP contribution is -2.28. The van der Waals surface area contributed by atoms with Crippen LogP contribution in [0.15, 0.2) is 0 Å². The Hall–Kier alpha value is -2.05. The third kappa shape index (κ3) is 3.46. The molecule has 0 radical (unpaired) electrons. The molecule has 0 aliphatic carbocycles. The first kappa shape index (κ1) is 15.0. The maximum absolute atomic E-state index is 11.9. The molecule has 0 aliphatic rings. The third-order valence-corrected chi connectivity index (χ3v) is 2.30. The van der Waals surface area contributed by atoms with Crippen molar-refractivity contribution in [3.05, 3.63) is 11.3 Å². The molecular formula is C12H20N4O3. The quantitative estimate of drug-likeness (QED) is 0.809. The summed E-state index contributed by atoms with van der Waals surface area (Å²) in [6.07, 6.45) is 0. The second kappa shape index (κ2) is 5.29. The van der Waals surface area contributed by atoms with Crippen LogP contribution in [0.5, 0.6) is 0 Å². The smallest absolute Gasteiger partial charge is 0.343 e. The van der Waals surface area contributed by atoms with E-state index in [4.69, 9.17) is 10.5 Å². The average Bonchev–Trinajstić information content (AvgIpc) is 2.53. The van der Waals surface area contributed by atoms with Crippen LogP contribution >= 0.6 is 0 Å². The number of amides is 1. The summed E-state index contributed by atoms with van der Waals surface area (Å²) >= 11 is 0. The Morgan fingerprint density at radius 2 is 2.00 bits per heavy atom. The van der Waals surface area contributed by atoms with Gasteiger partial charge in [-0.05, 0) is 34.6 Å². The van der Waals surface area contributed by atoms with Crippen LogP contribution in [-0.2, 0) is 4.74 Å². The van der Waals surface area contributed by atoms with Gasteiger partial charge in [-0.15, -0.1) is 5.10 Å². The van der Waals surface area contributed by atoms with Crippen LogP contribution in [0, 0.1) is 6.92 Å². The molecule has 0 bridgehead atoms. The molecule has 3 N–H and O–H groups in total. The Morgan fingerprint density at radius 1 is 1.42 bits per heavy atom. The predicted molar refractivity (Wildman–Crippen MR) is 71.3 cm³/mol. The van der Waals surface area contributed by atoms with E-state index in [1.165, 1.54) is 0 Å². The van der Waals surface area contributed by atoms with Gasteiger partial charge in [0.05, 0.1) is 12.3 Å². The molecule has 0 fully saturated rings. The van der Waals surface area contributed by atoms with Crippen molar-refractivity contribution in [3.63, 3.8) is 0 Å². The number of esters is 1. The van der Waals surface area contributed by atoms with Gasteiger partial charge < -0.3 is 15.8 Å². The number of rotatable bonds is 3. The number of nitrogens with zero attached hydrogens (tertiary/aromatic N) is 2. The van der Waals surface area contributed by atoms with Gasteiger partial charge in [-0.1, -0.05) is 0 Å². The number of primary amides is 1. The van der Waals surface area contributed by atoms with E-state index in [1.54, 1.807) is 13.8 Å². The number of carbonyl (C=O) groups excluding carboxylic acids is 2. The summed E-state index contributed by atoms with van der Waals surface area (Å²) < 4.78 is 5.96. The molecule has 1 heterocycles. The molecule has 1 rings (SSSR count). The van der Waals surface area contributed by atoms with Crippen LogP contribution in [0.4, 0.5) is 10.6 Å². The lowest BCUT2D eigenvalue weighted by atomic mass is 10.1. The molecule has 0 saturated carbocycles. The molecule has 19 heavy (non-hydrogen) atoms.